The lowest BCUT2D eigenvalue weighted by molar-refractivity contribution is 0.0677. The Hall–Kier alpha value is -1.69. The van der Waals surface area contributed by atoms with Gasteiger partial charge in [0, 0.05) is 7.05 Å². The molecule has 0 aromatic heterocycles. The number of amides is 1. The molecule has 4 nitrogen and oxygen atoms in total. The van der Waals surface area contributed by atoms with Crippen LogP contribution in [0.4, 0.5) is 14.5 Å². The molecule has 0 fully saturated rings. The van der Waals surface area contributed by atoms with E-state index in [0.29, 0.717) is 0 Å². The standard InChI is InChI=1S/C11H14F2N2O2/c1-6(5-16)15(2)11(17)8-3-7(12)4-9(14)10(8)13/h3-4,6,16H,5,14H2,1-2H3. The summed E-state index contributed by atoms with van der Waals surface area (Å²) in [5, 5.41) is 8.89. The topological polar surface area (TPSA) is 66.6 Å². The first-order valence-corrected chi connectivity index (χ1v) is 5.01. The molecule has 0 saturated heterocycles. The summed E-state index contributed by atoms with van der Waals surface area (Å²) >= 11 is 0. The summed E-state index contributed by atoms with van der Waals surface area (Å²) in [6.07, 6.45) is 0. The van der Waals surface area contributed by atoms with Crippen LogP contribution < -0.4 is 5.73 Å². The highest BCUT2D eigenvalue weighted by atomic mass is 19.1. The van der Waals surface area contributed by atoms with Gasteiger partial charge in [-0.15, -0.1) is 0 Å². The number of aliphatic hydroxyl groups is 1. The SMILES string of the molecule is CC(CO)N(C)C(=O)c1cc(F)cc(N)c1F. The van der Waals surface area contributed by atoms with E-state index in [1.54, 1.807) is 6.92 Å². The Bertz CT molecular complexity index is 438. The first-order valence-electron chi connectivity index (χ1n) is 5.01. The number of hydrogen-bond acceptors (Lipinski definition) is 3. The van der Waals surface area contributed by atoms with Gasteiger partial charge in [-0.05, 0) is 19.1 Å². The zero-order valence-electron chi connectivity index (χ0n) is 9.58. The van der Waals surface area contributed by atoms with E-state index in [0.717, 1.165) is 17.0 Å². The van der Waals surface area contributed by atoms with Crippen LogP contribution in [0.1, 0.15) is 17.3 Å². The zero-order chi connectivity index (χ0) is 13.2. The molecule has 0 bridgehead atoms. The van der Waals surface area contributed by atoms with Gasteiger partial charge in [0.2, 0.25) is 0 Å². The monoisotopic (exact) mass is 244 g/mol. The van der Waals surface area contributed by atoms with Crippen molar-refractivity contribution in [3.63, 3.8) is 0 Å². The molecule has 1 aromatic rings. The van der Waals surface area contributed by atoms with Crippen LogP contribution in [0.2, 0.25) is 0 Å². The number of nitrogens with zero attached hydrogens (tertiary/aromatic N) is 1. The molecule has 0 aliphatic carbocycles. The van der Waals surface area contributed by atoms with Crippen LogP contribution in [0.3, 0.4) is 0 Å². The maximum Gasteiger partial charge on any atom is 0.257 e. The lowest BCUT2D eigenvalue weighted by Crippen LogP contribution is -2.37. The molecule has 1 amide bonds. The van der Waals surface area contributed by atoms with Gasteiger partial charge >= 0.3 is 0 Å². The summed E-state index contributed by atoms with van der Waals surface area (Å²) in [7, 11) is 1.39. The van der Waals surface area contributed by atoms with Crippen LogP contribution >= 0.6 is 0 Å². The molecule has 94 valence electrons. The minimum Gasteiger partial charge on any atom is -0.396 e. The lowest BCUT2D eigenvalue weighted by atomic mass is 10.1. The number of likely N-dealkylation sites (N-methyl/N-ethyl adjacent to an activating group) is 1. The fraction of sp³-hybridized carbons (Fsp3) is 0.364. The molecule has 1 aromatic carbocycles. The molecule has 1 atom stereocenters. The van der Waals surface area contributed by atoms with Gasteiger partial charge in [-0.3, -0.25) is 4.79 Å². The van der Waals surface area contributed by atoms with E-state index in [4.69, 9.17) is 10.8 Å². The average Bonchev–Trinajstić information content (AvgIpc) is 2.30. The largest absolute Gasteiger partial charge is 0.396 e. The van der Waals surface area contributed by atoms with Crippen molar-refractivity contribution in [2.24, 2.45) is 0 Å². The molecule has 1 unspecified atom stereocenters. The minimum atomic E-state index is -0.951. The Morgan fingerprint density at radius 1 is 1.53 bits per heavy atom. The van der Waals surface area contributed by atoms with E-state index in [1.807, 2.05) is 0 Å². The van der Waals surface area contributed by atoms with E-state index >= 15 is 0 Å². The van der Waals surface area contributed by atoms with Crippen LogP contribution in [0.15, 0.2) is 12.1 Å². The number of rotatable bonds is 3. The number of halogens is 2. The highest BCUT2D eigenvalue weighted by Crippen LogP contribution is 2.19. The Balaban J connectivity index is 3.12. The normalized spacial score (nSPS) is 12.3. The Labute approximate surface area is 97.6 Å². The molecule has 0 aliphatic rings. The second-order valence-corrected chi connectivity index (χ2v) is 3.80. The fourth-order valence-electron chi connectivity index (χ4n) is 1.28. The van der Waals surface area contributed by atoms with E-state index < -0.39 is 34.8 Å². The Kier molecular flexibility index (Phi) is 4.01. The van der Waals surface area contributed by atoms with Crippen LogP contribution in [0, 0.1) is 11.6 Å². The maximum atomic E-state index is 13.6. The van der Waals surface area contributed by atoms with Crippen molar-refractivity contribution in [3.8, 4) is 0 Å². The summed E-state index contributed by atoms with van der Waals surface area (Å²) in [6.45, 7) is 1.31. The second kappa shape index (κ2) is 5.09. The third kappa shape index (κ3) is 2.71. The Morgan fingerprint density at radius 2 is 2.12 bits per heavy atom. The van der Waals surface area contributed by atoms with Gasteiger partial charge in [-0.2, -0.15) is 0 Å². The van der Waals surface area contributed by atoms with Gasteiger partial charge < -0.3 is 15.7 Å². The van der Waals surface area contributed by atoms with Crippen molar-refractivity contribution in [2.75, 3.05) is 19.4 Å². The molecule has 0 heterocycles. The van der Waals surface area contributed by atoms with Gasteiger partial charge in [0.15, 0.2) is 5.82 Å². The minimum absolute atomic E-state index is 0.269. The molecule has 0 radical (unpaired) electrons. The summed E-state index contributed by atoms with van der Waals surface area (Å²) in [5.41, 5.74) is 4.38. The summed E-state index contributed by atoms with van der Waals surface area (Å²) < 4.78 is 26.6. The quantitative estimate of drug-likeness (QED) is 0.779. The number of nitrogen functional groups attached to an aromatic ring is 1. The average molecular weight is 244 g/mol. The van der Waals surface area contributed by atoms with Gasteiger partial charge in [0.25, 0.3) is 5.91 Å². The van der Waals surface area contributed by atoms with Gasteiger partial charge in [0.1, 0.15) is 5.82 Å². The molecule has 6 heteroatoms. The highest BCUT2D eigenvalue weighted by molar-refractivity contribution is 5.95. The number of carbonyl (C=O) groups is 1. The van der Waals surface area contributed by atoms with E-state index in [-0.39, 0.29) is 6.61 Å². The van der Waals surface area contributed by atoms with E-state index in [9.17, 15) is 13.6 Å². The van der Waals surface area contributed by atoms with E-state index in [2.05, 4.69) is 0 Å². The smallest absolute Gasteiger partial charge is 0.257 e. The number of carbonyl (C=O) groups excluding carboxylic acids is 1. The van der Waals surface area contributed by atoms with Crippen molar-refractivity contribution in [3.05, 3.63) is 29.3 Å². The van der Waals surface area contributed by atoms with Gasteiger partial charge in [0.05, 0.1) is 23.9 Å². The number of nitrogens with two attached hydrogens (primary N) is 1. The highest BCUT2D eigenvalue weighted by Gasteiger charge is 2.22. The molecular formula is C11H14F2N2O2. The summed E-state index contributed by atoms with van der Waals surface area (Å²) in [6, 6.07) is 1.10. The zero-order valence-corrected chi connectivity index (χ0v) is 9.58. The molecule has 0 spiro atoms. The molecular weight excluding hydrogens is 230 g/mol. The predicted molar refractivity (Wildman–Crippen MR) is 59.4 cm³/mol. The van der Waals surface area contributed by atoms with Crippen LogP contribution in [0.25, 0.3) is 0 Å². The second-order valence-electron chi connectivity index (χ2n) is 3.80. The van der Waals surface area contributed by atoms with Crippen molar-refractivity contribution in [1.82, 2.24) is 4.90 Å². The number of anilines is 1. The molecule has 1 rings (SSSR count). The van der Waals surface area contributed by atoms with Crippen LogP contribution in [-0.2, 0) is 0 Å². The Morgan fingerprint density at radius 3 is 2.65 bits per heavy atom. The third-order valence-electron chi connectivity index (χ3n) is 2.54. The van der Waals surface area contributed by atoms with Crippen LogP contribution in [-0.4, -0.2) is 35.6 Å². The number of aliphatic hydroxyl groups excluding tert-OH is 1. The fourth-order valence-corrected chi connectivity index (χ4v) is 1.28. The predicted octanol–water partition coefficient (Wildman–Crippen LogP) is 1.000. The first kappa shape index (κ1) is 13.4. The molecule has 17 heavy (non-hydrogen) atoms. The molecule has 0 aliphatic heterocycles. The van der Waals surface area contributed by atoms with Crippen LogP contribution in [0.5, 0.6) is 0 Å². The van der Waals surface area contributed by atoms with Gasteiger partial charge in [-0.25, -0.2) is 8.78 Å². The van der Waals surface area contributed by atoms with Crippen molar-refractivity contribution < 1.29 is 18.7 Å². The lowest BCUT2D eigenvalue weighted by Gasteiger charge is -2.23. The summed E-state index contributed by atoms with van der Waals surface area (Å²) in [4.78, 5) is 12.9. The number of hydrogen-bond donors (Lipinski definition) is 2. The first-order chi connectivity index (χ1) is 7.88. The van der Waals surface area contributed by atoms with Gasteiger partial charge in [-0.1, -0.05) is 0 Å². The molecule has 0 saturated carbocycles. The maximum absolute atomic E-state index is 13.6. The third-order valence-corrected chi connectivity index (χ3v) is 2.54. The molecule has 3 N–H and O–H groups in total. The van der Waals surface area contributed by atoms with Crippen molar-refractivity contribution in [2.45, 2.75) is 13.0 Å². The summed E-state index contributed by atoms with van der Waals surface area (Å²) in [5.74, 6) is -2.46. The van der Waals surface area contributed by atoms with Crippen molar-refractivity contribution >= 4 is 11.6 Å². The van der Waals surface area contributed by atoms with E-state index in [1.165, 1.54) is 7.05 Å². The number of benzene rings is 1. The van der Waals surface area contributed by atoms with Crippen molar-refractivity contribution in [1.29, 1.82) is 0 Å².